The summed E-state index contributed by atoms with van der Waals surface area (Å²) in [6.45, 7) is 7.37. The predicted octanol–water partition coefficient (Wildman–Crippen LogP) is 5.96. The first kappa shape index (κ1) is 20.4. The highest BCUT2D eigenvalue weighted by Crippen LogP contribution is 2.12. The SMILES string of the molecule is C=CCC(CC=C)OC(=O)CCCCCCCCCCBr. The van der Waals surface area contributed by atoms with Crippen LogP contribution in [-0.2, 0) is 9.53 Å². The maximum atomic E-state index is 11.7. The van der Waals surface area contributed by atoms with Gasteiger partial charge in [-0.25, -0.2) is 0 Å². The van der Waals surface area contributed by atoms with E-state index in [4.69, 9.17) is 4.74 Å². The highest BCUT2D eigenvalue weighted by molar-refractivity contribution is 9.09. The molecule has 0 unspecified atom stereocenters. The lowest BCUT2D eigenvalue weighted by molar-refractivity contribution is -0.148. The minimum atomic E-state index is -0.0824. The van der Waals surface area contributed by atoms with Crippen molar-refractivity contribution in [3.63, 3.8) is 0 Å². The second-order valence-corrected chi connectivity index (χ2v) is 6.22. The molecule has 0 rings (SSSR count). The van der Waals surface area contributed by atoms with Gasteiger partial charge < -0.3 is 4.74 Å². The zero-order valence-electron chi connectivity index (χ0n) is 13.3. The first-order valence-electron chi connectivity index (χ1n) is 8.21. The monoisotopic (exact) mass is 358 g/mol. The molecule has 0 saturated carbocycles. The van der Waals surface area contributed by atoms with E-state index in [-0.39, 0.29) is 12.1 Å². The average molecular weight is 359 g/mol. The van der Waals surface area contributed by atoms with Crippen molar-refractivity contribution in [1.29, 1.82) is 0 Å². The summed E-state index contributed by atoms with van der Waals surface area (Å²) < 4.78 is 5.42. The lowest BCUT2D eigenvalue weighted by atomic mass is 10.1. The second-order valence-electron chi connectivity index (χ2n) is 5.43. The van der Waals surface area contributed by atoms with Gasteiger partial charge in [0.2, 0.25) is 0 Å². The first-order valence-corrected chi connectivity index (χ1v) is 9.34. The topological polar surface area (TPSA) is 26.3 Å². The standard InChI is InChI=1S/C18H31BrO2/c1-3-13-17(14-4-2)21-18(20)15-11-9-7-5-6-8-10-12-16-19/h3-4,17H,1-2,5-16H2. The molecule has 0 aromatic rings. The molecule has 0 bridgehead atoms. The van der Waals surface area contributed by atoms with Gasteiger partial charge in [0.15, 0.2) is 0 Å². The van der Waals surface area contributed by atoms with Crippen LogP contribution in [0.2, 0.25) is 0 Å². The largest absolute Gasteiger partial charge is 0.462 e. The van der Waals surface area contributed by atoms with E-state index >= 15 is 0 Å². The maximum Gasteiger partial charge on any atom is 0.306 e. The van der Waals surface area contributed by atoms with Crippen molar-refractivity contribution < 1.29 is 9.53 Å². The van der Waals surface area contributed by atoms with Crippen LogP contribution < -0.4 is 0 Å². The van der Waals surface area contributed by atoms with Crippen LogP contribution in [0.5, 0.6) is 0 Å². The van der Waals surface area contributed by atoms with E-state index in [1.165, 1.54) is 38.5 Å². The van der Waals surface area contributed by atoms with Crippen LogP contribution in [-0.4, -0.2) is 17.4 Å². The molecule has 0 aliphatic carbocycles. The highest BCUT2D eigenvalue weighted by atomic mass is 79.9. The summed E-state index contributed by atoms with van der Waals surface area (Å²) in [6, 6.07) is 0. The van der Waals surface area contributed by atoms with E-state index in [0.29, 0.717) is 19.3 Å². The molecule has 0 N–H and O–H groups in total. The van der Waals surface area contributed by atoms with Crippen molar-refractivity contribution in [3.05, 3.63) is 25.3 Å². The van der Waals surface area contributed by atoms with E-state index in [2.05, 4.69) is 29.1 Å². The molecule has 0 fully saturated rings. The van der Waals surface area contributed by atoms with Gasteiger partial charge in [0.05, 0.1) is 0 Å². The molecule has 0 aromatic heterocycles. The number of rotatable bonds is 15. The molecule has 0 amide bonds. The Hall–Kier alpha value is -0.570. The Morgan fingerprint density at radius 2 is 1.38 bits per heavy atom. The third-order valence-corrected chi connectivity index (χ3v) is 3.98. The van der Waals surface area contributed by atoms with Gasteiger partial charge in [-0.1, -0.05) is 66.6 Å². The normalized spacial score (nSPS) is 10.6. The van der Waals surface area contributed by atoms with Gasteiger partial charge >= 0.3 is 5.97 Å². The maximum absolute atomic E-state index is 11.7. The van der Waals surface area contributed by atoms with E-state index in [0.717, 1.165) is 18.2 Å². The van der Waals surface area contributed by atoms with Gasteiger partial charge in [-0.05, 0) is 12.8 Å². The predicted molar refractivity (Wildman–Crippen MR) is 94.9 cm³/mol. The number of carbonyl (C=O) groups excluding carboxylic acids is 1. The second kappa shape index (κ2) is 15.8. The molecular formula is C18H31BrO2. The van der Waals surface area contributed by atoms with E-state index < -0.39 is 0 Å². The zero-order chi connectivity index (χ0) is 15.8. The number of halogens is 1. The van der Waals surface area contributed by atoms with Crippen molar-refractivity contribution in [3.8, 4) is 0 Å². The lowest BCUT2D eigenvalue weighted by Gasteiger charge is -2.14. The fraction of sp³-hybridized carbons (Fsp3) is 0.722. The number of carbonyl (C=O) groups is 1. The summed E-state index contributed by atoms with van der Waals surface area (Å²) in [5.41, 5.74) is 0. The van der Waals surface area contributed by atoms with Crippen LogP contribution >= 0.6 is 15.9 Å². The Morgan fingerprint density at radius 3 is 1.86 bits per heavy atom. The molecule has 2 nitrogen and oxygen atoms in total. The number of ether oxygens (including phenoxy) is 1. The van der Waals surface area contributed by atoms with Crippen LogP contribution in [0.3, 0.4) is 0 Å². The number of hydrogen-bond acceptors (Lipinski definition) is 2. The zero-order valence-corrected chi connectivity index (χ0v) is 14.9. The molecule has 0 aromatic carbocycles. The van der Waals surface area contributed by atoms with E-state index in [9.17, 15) is 4.79 Å². The molecule has 0 spiro atoms. The molecule has 0 atom stereocenters. The Kier molecular flexibility index (Phi) is 15.4. The summed E-state index contributed by atoms with van der Waals surface area (Å²) in [4.78, 5) is 11.7. The first-order chi connectivity index (χ1) is 10.2. The number of esters is 1. The molecule has 0 saturated heterocycles. The highest BCUT2D eigenvalue weighted by Gasteiger charge is 2.11. The summed E-state index contributed by atoms with van der Waals surface area (Å²) in [6.07, 6.45) is 15.3. The third kappa shape index (κ3) is 14.1. The van der Waals surface area contributed by atoms with Crippen LogP contribution in [0.25, 0.3) is 0 Å². The molecular weight excluding hydrogens is 328 g/mol. The molecule has 0 aliphatic rings. The fourth-order valence-electron chi connectivity index (χ4n) is 2.23. The Bertz CT molecular complexity index is 266. The van der Waals surface area contributed by atoms with Gasteiger partial charge in [-0.3, -0.25) is 4.79 Å². The van der Waals surface area contributed by atoms with Crippen LogP contribution in [0.15, 0.2) is 25.3 Å². The number of unbranched alkanes of at least 4 members (excludes halogenated alkanes) is 7. The molecule has 0 aliphatic heterocycles. The molecule has 3 heteroatoms. The fourth-order valence-corrected chi connectivity index (χ4v) is 2.63. The van der Waals surface area contributed by atoms with Crippen LogP contribution in [0, 0.1) is 0 Å². The number of hydrogen-bond donors (Lipinski definition) is 0. The van der Waals surface area contributed by atoms with Crippen molar-refractivity contribution in [1.82, 2.24) is 0 Å². The smallest absolute Gasteiger partial charge is 0.306 e. The van der Waals surface area contributed by atoms with Crippen molar-refractivity contribution in [2.45, 2.75) is 76.7 Å². The Balaban J connectivity index is 3.47. The average Bonchev–Trinajstić information content (AvgIpc) is 2.46. The number of alkyl halides is 1. The summed E-state index contributed by atoms with van der Waals surface area (Å²) in [5.74, 6) is -0.0824. The van der Waals surface area contributed by atoms with E-state index in [1.807, 2.05) is 0 Å². The van der Waals surface area contributed by atoms with Gasteiger partial charge in [0.25, 0.3) is 0 Å². The van der Waals surface area contributed by atoms with E-state index in [1.54, 1.807) is 12.2 Å². The molecule has 0 heterocycles. The van der Waals surface area contributed by atoms with Gasteiger partial charge in [-0.2, -0.15) is 0 Å². The summed E-state index contributed by atoms with van der Waals surface area (Å²) in [7, 11) is 0. The molecule has 0 radical (unpaired) electrons. The molecule has 122 valence electrons. The third-order valence-electron chi connectivity index (χ3n) is 3.42. The minimum absolute atomic E-state index is 0.0815. The van der Waals surface area contributed by atoms with Crippen molar-refractivity contribution in [2.75, 3.05) is 5.33 Å². The summed E-state index contributed by atoms with van der Waals surface area (Å²) in [5, 5.41) is 1.12. The van der Waals surface area contributed by atoms with Gasteiger partial charge in [0, 0.05) is 24.6 Å². The quantitative estimate of drug-likeness (QED) is 0.156. The summed E-state index contributed by atoms with van der Waals surface area (Å²) >= 11 is 3.45. The Labute approximate surface area is 139 Å². The Morgan fingerprint density at radius 1 is 0.905 bits per heavy atom. The van der Waals surface area contributed by atoms with Gasteiger partial charge in [-0.15, -0.1) is 13.2 Å². The molecule has 21 heavy (non-hydrogen) atoms. The minimum Gasteiger partial charge on any atom is -0.462 e. The van der Waals surface area contributed by atoms with Crippen LogP contribution in [0.1, 0.15) is 70.6 Å². The van der Waals surface area contributed by atoms with Gasteiger partial charge in [0.1, 0.15) is 6.10 Å². The van der Waals surface area contributed by atoms with Crippen molar-refractivity contribution >= 4 is 21.9 Å². The lowest BCUT2D eigenvalue weighted by Crippen LogP contribution is -2.16. The van der Waals surface area contributed by atoms with Crippen LogP contribution in [0.4, 0.5) is 0 Å². The van der Waals surface area contributed by atoms with Crippen molar-refractivity contribution in [2.24, 2.45) is 0 Å².